The maximum absolute atomic E-state index is 11.4. The maximum Gasteiger partial charge on any atom is 0.409 e. The van der Waals surface area contributed by atoms with Crippen LogP contribution in [0.2, 0.25) is 0 Å². The first kappa shape index (κ1) is 14.6. The van der Waals surface area contributed by atoms with Gasteiger partial charge in [-0.3, -0.25) is 0 Å². The molecule has 3 heterocycles. The zero-order chi connectivity index (χ0) is 15.7. The van der Waals surface area contributed by atoms with E-state index in [9.17, 15) is 14.9 Å². The number of imidazole rings is 1. The van der Waals surface area contributed by atoms with Gasteiger partial charge >= 0.3 is 11.9 Å². The molecule has 9 nitrogen and oxygen atoms in total. The van der Waals surface area contributed by atoms with Gasteiger partial charge in [-0.1, -0.05) is 11.3 Å². The van der Waals surface area contributed by atoms with Crippen molar-refractivity contribution in [3.63, 3.8) is 0 Å². The summed E-state index contributed by atoms with van der Waals surface area (Å²) in [6.07, 6.45) is 2.68. The van der Waals surface area contributed by atoms with Crippen molar-refractivity contribution in [3.8, 4) is 0 Å². The first-order valence-corrected chi connectivity index (χ1v) is 7.67. The number of fused-ring (bicyclic) bond motifs is 1. The second-order valence-corrected chi connectivity index (χ2v) is 5.85. The Morgan fingerprint density at radius 2 is 2.27 bits per heavy atom. The maximum atomic E-state index is 11.4. The highest BCUT2D eigenvalue weighted by molar-refractivity contribution is 7.15. The molecule has 1 N–H and O–H groups in total. The van der Waals surface area contributed by atoms with Crippen LogP contribution in [0.25, 0.3) is 4.96 Å². The number of rotatable bonds is 3. The van der Waals surface area contributed by atoms with Gasteiger partial charge in [0.1, 0.15) is 6.20 Å². The summed E-state index contributed by atoms with van der Waals surface area (Å²) in [4.78, 5) is 28.8. The number of nitro groups is 1. The van der Waals surface area contributed by atoms with Crippen molar-refractivity contribution in [3.05, 3.63) is 21.7 Å². The van der Waals surface area contributed by atoms with Crippen LogP contribution in [0.4, 0.5) is 16.4 Å². The third kappa shape index (κ3) is 2.56. The number of carbonyl (C=O) groups is 1. The van der Waals surface area contributed by atoms with Crippen LogP contribution in [0.1, 0.15) is 12.8 Å². The molecular weight excluding hydrogens is 310 g/mol. The van der Waals surface area contributed by atoms with E-state index in [-0.39, 0.29) is 23.8 Å². The Bertz CT molecular complexity index is 703. The smallest absolute Gasteiger partial charge is 0.409 e. The third-order valence-corrected chi connectivity index (χ3v) is 4.44. The monoisotopic (exact) mass is 325 g/mol. The van der Waals surface area contributed by atoms with Gasteiger partial charge in [-0.2, -0.15) is 9.38 Å². The first-order valence-electron chi connectivity index (χ1n) is 6.79. The van der Waals surface area contributed by atoms with Crippen LogP contribution in [0.5, 0.6) is 0 Å². The number of piperidine rings is 1. The van der Waals surface area contributed by atoms with Crippen molar-refractivity contribution >= 4 is 34.0 Å². The number of thiazole rings is 1. The van der Waals surface area contributed by atoms with E-state index in [2.05, 4.69) is 15.0 Å². The van der Waals surface area contributed by atoms with E-state index < -0.39 is 4.92 Å². The van der Waals surface area contributed by atoms with Crippen molar-refractivity contribution in [1.82, 2.24) is 14.3 Å². The molecule has 0 spiro atoms. The summed E-state index contributed by atoms with van der Waals surface area (Å²) in [5.74, 6) is 0.236. The van der Waals surface area contributed by atoms with Crippen molar-refractivity contribution in [1.29, 1.82) is 0 Å². The van der Waals surface area contributed by atoms with Crippen LogP contribution < -0.4 is 5.32 Å². The normalized spacial score (nSPS) is 16.0. The number of anilines is 1. The Labute approximate surface area is 129 Å². The molecule has 10 heteroatoms. The Hall–Kier alpha value is -2.36. The lowest BCUT2D eigenvalue weighted by molar-refractivity contribution is -0.389. The van der Waals surface area contributed by atoms with E-state index in [0.717, 1.165) is 0 Å². The molecule has 0 radical (unpaired) electrons. The topological polar surface area (TPSA) is 102 Å². The Morgan fingerprint density at radius 1 is 1.55 bits per heavy atom. The van der Waals surface area contributed by atoms with Gasteiger partial charge in [0.25, 0.3) is 4.96 Å². The van der Waals surface area contributed by atoms with Gasteiger partial charge < -0.3 is 25.1 Å². The third-order valence-electron chi connectivity index (χ3n) is 3.68. The van der Waals surface area contributed by atoms with Crippen LogP contribution in [0, 0.1) is 10.1 Å². The fourth-order valence-electron chi connectivity index (χ4n) is 2.57. The Balaban J connectivity index is 1.72. The fraction of sp³-hybridized carbons (Fsp3) is 0.500. The van der Waals surface area contributed by atoms with Crippen LogP contribution >= 0.6 is 11.3 Å². The molecule has 0 aliphatic carbocycles. The van der Waals surface area contributed by atoms with Gasteiger partial charge in [-0.25, -0.2) is 4.79 Å². The molecular formula is C12H15N5O4S. The Kier molecular flexibility index (Phi) is 3.84. The van der Waals surface area contributed by atoms with Gasteiger partial charge in [0.15, 0.2) is 0 Å². The van der Waals surface area contributed by atoms with E-state index >= 15 is 0 Å². The fourth-order valence-corrected chi connectivity index (χ4v) is 3.28. The number of nitrogens with one attached hydrogen (secondary N) is 1. The average molecular weight is 325 g/mol. The molecule has 1 saturated heterocycles. The van der Waals surface area contributed by atoms with Gasteiger partial charge in [-0.05, 0) is 17.8 Å². The van der Waals surface area contributed by atoms with E-state index in [0.29, 0.717) is 30.9 Å². The summed E-state index contributed by atoms with van der Waals surface area (Å²) in [5, 5.41) is 16.2. The summed E-state index contributed by atoms with van der Waals surface area (Å²) in [5.41, 5.74) is 0. The number of carbonyl (C=O) groups excluding carboxylic acids is 1. The number of nitrogens with zero attached hydrogens (tertiary/aromatic N) is 4. The molecule has 0 atom stereocenters. The van der Waals surface area contributed by atoms with Gasteiger partial charge in [0.05, 0.1) is 7.11 Å². The predicted molar refractivity (Wildman–Crippen MR) is 80.3 cm³/mol. The minimum absolute atomic E-state index is 0.0456. The molecule has 0 unspecified atom stereocenters. The number of methoxy groups -OCH3 is 1. The summed E-state index contributed by atoms with van der Waals surface area (Å²) < 4.78 is 6.16. The molecule has 0 bridgehead atoms. The first-order chi connectivity index (χ1) is 10.6. The molecule has 1 fully saturated rings. The quantitative estimate of drug-likeness (QED) is 0.683. The number of amides is 1. The SMILES string of the molecule is COC(=O)N1CCC(Nc2nc3sccn3c2[N+](=O)[O-])CC1. The van der Waals surface area contributed by atoms with Crippen LogP contribution in [0.15, 0.2) is 11.6 Å². The summed E-state index contributed by atoms with van der Waals surface area (Å²) in [7, 11) is 1.36. The van der Waals surface area contributed by atoms with Gasteiger partial charge in [0.2, 0.25) is 5.82 Å². The second-order valence-electron chi connectivity index (χ2n) is 4.97. The molecule has 2 aromatic heterocycles. The van der Waals surface area contributed by atoms with Crippen molar-refractivity contribution < 1.29 is 14.5 Å². The van der Waals surface area contributed by atoms with E-state index in [1.807, 2.05) is 0 Å². The molecule has 1 aliphatic rings. The zero-order valence-electron chi connectivity index (χ0n) is 11.9. The largest absolute Gasteiger partial charge is 0.453 e. The molecule has 118 valence electrons. The Morgan fingerprint density at radius 3 is 2.91 bits per heavy atom. The zero-order valence-corrected chi connectivity index (χ0v) is 12.7. The molecule has 2 aromatic rings. The van der Waals surface area contributed by atoms with Gasteiger partial charge in [0, 0.05) is 24.5 Å². The summed E-state index contributed by atoms with van der Waals surface area (Å²) in [6.45, 7) is 1.11. The van der Waals surface area contributed by atoms with E-state index in [1.54, 1.807) is 16.5 Å². The van der Waals surface area contributed by atoms with Crippen LogP contribution in [-0.2, 0) is 4.74 Å². The van der Waals surface area contributed by atoms with Gasteiger partial charge in [-0.15, -0.1) is 0 Å². The number of hydrogen-bond acceptors (Lipinski definition) is 7. The highest BCUT2D eigenvalue weighted by Gasteiger charge is 2.28. The highest BCUT2D eigenvalue weighted by atomic mass is 32.1. The van der Waals surface area contributed by atoms with E-state index in [4.69, 9.17) is 0 Å². The number of likely N-dealkylation sites (tertiary alicyclic amines) is 1. The van der Waals surface area contributed by atoms with Crippen LogP contribution in [-0.4, -0.2) is 51.5 Å². The number of aromatic nitrogens is 2. The number of ether oxygens (including phenoxy) is 1. The lowest BCUT2D eigenvalue weighted by atomic mass is 10.1. The molecule has 0 aromatic carbocycles. The lowest BCUT2D eigenvalue weighted by Crippen LogP contribution is -2.42. The van der Waals surface area contributed by atoms with Crippen molar-refractivity contribution in [2.24, 2.45) is 0 Å². The second kappa shape index (κ2) is 5.79. The predicted octanol–water partition coefficient (Wildman–Crippen LogP) is 1.95. The van der Waals surface area contributed by atoms with Crippen molar-refractivity contribution in [2.45, 2.75) is 18.9 Å². The number of hydrogen-bond donors (Lipinski definition) is 1. The summed E-state index contributed by atoms with van der Waals surface area (Å²) >= 11 is 1.35. The average Bonchev–Trinajstić information content (AvgIpc) is 3.07. The summed E-state index contributed by atoms with van der Waals surface area (Å²) in [6, 6.07) is 0.0456. The molecule has 22 heavy (non-hydrogen) atoms. The van der Waals surface area contributed by atoms with E-state index in [1.165, 1.54) is 22.8 Å². The molecule has 0 saturated carbocycles. The standard InChI is InChI=1S/C12H15N5O4S/c1-21-12(18)15-4-2-8(3-5-15)13-9-10(17(19)20)16-6-7-22-11(16)14-9/h6-8,13H,2-5H2,1H3. The molecule has 1 amide bonds. The molecule has 1 aliphatic heterocycles. The highest BCUT2D eigenvalue weighted by Crippen LogP contribution is 2.29. The minimum Gasteiger partial charge on any atom is -0.453 e. The lowest BCUT2D eigenvalue weighted by Gasteiger charge is -2.31. The minimum atomic E-state index is -0.432. The van der Waals surface area contributed by atoms with Crippen molar-refractivity contribution in [2.75, 3.05) is 25.5 Å². The van der Waals surface area contributed by atoms with Crippen LogP contribution in [0.3, 0.4) is 0 Å². The molecule has 3 rings (SSSR count).